The van der Waals surface area contributed by atoms with Crippen molar-refractivity contribution in [2.45, 2.75) is 18.9 Å². The van der Waals surface area contributed by atoms with Crippen molar-refractivity contribution in [1.29, 1.82) is 0 Å². The number of aromatic nitrogens is 2. The average molecular weight is 295 g/mol. The molecule has 0 bridgehead atoms. The van der Waals surface area contributed by atoms with Crippen molar-refractivity contribution < 1.29 is 0 Å². The van der Waals surface area contributed by atoms with Gasteiger partial charge in [0.15, 0.2) is 0 Å². The smallest absolute Gasteiger partial charge is 0.129 e. The highest BCUT2D eigenvalue weighted by atomic mass is 35.5. The minimum Gasteiger partial charge on any atom is -0.366 e. The molecule has 0 spiro atoms. The van der Waals surface area contributed by atoms with Crippen LogP contribution in [0, 0.1) is 5.92 Å². The fraction of sp³-hybridized carbons (Fsp3) is 0.538. The second kappa shape index (κ2) is 4.58. The molecular formula is C13H15ClN4S. The summed E-state index contributed by atoms with van der Waals surface area (Å²) in [6, 6.07) is 4.49. The van der Waals surface area contributed by atoms with Crippen LogP contribution in [-0.4, -0.2) is 34.4 Å². The van der Waals surface area contributed by atoms with Crippen LogP contribution in [0.5, 0.6) is 0 Å². The lowest BCUT2D eigenvalue weighted by Gasteiger charge is -2.36. The number of nitrogens with one attached hydrogen (secondary N) is 1. The molecule has 0 radical (unpaired) electrons. The minimum absolute atomic E-state index is 0.603. The number of nitrogens with zero attached hydrogens (tertiary/aromatic N) is 3. The highest BCUT2D eigenvalue weighted by Gasteiger charge is 2.34. The lowest BCUT2D eigenvalue weighted by atomic mass is 10.1. The van der Waals surface area contributed by atoms with E-state index in [9.17, 15) is 0 Å². The summed E-state index contributed by atoms with van der Waals surface area (Å²) in [5.41, 5.74) is 2.97. The molecule has 2 fully saturated rings. The van der Waals surface area contributed by atoms with Crippen molar-refractivity contribution in [2.24, 2.45) is 5.92 Å². The van der Waals surface area contributed by atoms with E-state index in [-0.39, 0.29) is 0 Å². The zero-order chi connectivity index (χ0) is 12.8. The van der Waals surface area contributed by atoms with Gasteiger partial charge in [-0.25, -0.2) is 0 Å². The van der Waals surface area contributed by atoms with E-state index < -0.39 is 0 Å². The van der Waals surface area contributed by atoms with E-state index in [0.717, 1.165) is 47.3 Å². The Balaban J connectivity index is 1.72. The molecular weight excluding hydrogens is 280 g/mol. The van der Waals surface area contributed by atoms with Gasteiger partial charge in [0.25, 0.3) is 0 Å². The van der Waals surface area contributed by atoms with Gasteiger partial charge in [-0.3, -0.25) is 0 Å². The van der Waals surface area contributed by atoms with Crippen molar-refractivity contribution in [2.75, 3.05) is 24.5 Å². The largest absolute Gasteiger partial charge is 0.366 e. The summed E-state index contributed by atoms with van der Waals surface area (Å²) in [5.74, 6) is 0.856. The maximum Gasteiger partial charge on any atom is 0.129 e. The fourth-order valence-corrected chi connectivity index (χ4v) is 3.72. The predicted octanol–water partition coefficient (Wildman–Crippen LogP) is 2.53. The summed E-state index contributed by atoms with van der Waals surface area (Å²) in [7, 11) is 0. The topological polar surface area (TPSA) is 41.1 Å². The first-order chi connectivity index (χ1) is 9.33. The molecule has 4 nitrogen and oxygen atoms in total. The summed E-state index contributed by atoms with van der Waals surface area (Å²) in [6.07, 6.45) is 2.73. The van der Waals surface area contributed by atoms with Gasteiger partial charge in [0, 0.05) is 25.7 Å². The first-order valence-corrected chi connectivity index (χ1v) is 7.83. The fourth-order valence-electron chi connectivity index (χ4n) is 2.91. The molecule has 2 aromatic rings. The van der Waals surface area contributed by atoms with Gasteiger partial charge in [0.1, 0.15) is 11.0 Å². The van der Waals surface area contributed by atoms with Crippen LogP contribution in [0.1, 0.15) is 12.8 Å². The third-order valence-corrected chi connectivity index (χ3v) is 4.91. The van der Waals surface area contributed by atoms with Crippen molar-refractivity contribution in [1.82, 2.24) is 14.1 Å². The van der Waals surface area contributed by atoms with Crippen LogP contribution < -0.4 is 10.2 Å². The van der Waals surface area contributed by atoms with Crippen molar-refractivity contribution in [3.05, 3.63) is 17.2 Å². The number of benzene rings is 1. The van der Waals surface area contributed by atoms with Crippen LogP contribution in [0.4, 0.5) is 5.69 Å². The van der Waals surface area contributed by atoms with Crippen LogP contribution in [0.2, 0.25) is 5.02 Å². The SMILES string of the molecule is Clc1ccc2nsnc2c1N1CCNC(C2CC2)C1. The van der Waals surface area contributed by atoms with Gasteiger partial charge in [0.05, 0.1) is 22.4 Å². The molecule has 100 valence electrons. The summed E-state index contributed by atoms with van der Waals surface area (Å²) >= 11 is 7.67. The molecule has 1 aliphatic heterocycles. The molecule has 0 amide bonds. The third-order valence-electron chi connectivity index (χ3n) is 4.06. The predicted molar refractivity (Wildman–Crippen MR) is 79.2 cm³/mol. The Hall–Kier alpha value is -0.910. The molecule has 2 aliphatic rings. The normalized spacial score (nSPS) is 24.1. The zero-order valence-corrected chi connectivity index (χ0v) is 12.0. The number of hydrogen-bond acceptors (Lipinski definition) is 5. The van der Waals surface area contributed by atoms with E-state index >= 15 is 0 Å². The van der Waals surface area contributed by atoms with E-state index in [1.54, 1.807) is 0 Å². The van der Waals surface area contributed by atoms with E-state index in [4.69, 9.17) is 11.6 Å². The molecule has 1 unspecified atom stereocenters. The minimum atomic E-state index is 0.603. The van der Waals surface area contributed by atoms with E-state index in [1.165, 1.54) is 24.6 Å². The number of piperazine rings is 1. The standard InChI is InChI=1S/C13H15ClN4S/c14-9-3-4-10-12(17-19-16-10)13(9)18-6-5-15-11(7-18)8-1-2-8/h3-4,8,11,15H,1-2,5-7H2. The number of rotatable bonds is 2. The first kappa shape index (κ1) is 11.9. The van der Waals surface area contributed by atoms with E-state index in [0.29, 0.717) is 6.04 Å². The Morgan fingerprint density at radius 1 is 1.32 bits per heavy atom. The molecule has 1 aliphatic carbocycles. The lowest BCUT2D eigenvalue weighted by molar-refractivity contribution is 0.419. The number of hydrogen-bond donors (Lipinski definition) is 1. The summed E-state index contributed by atoms with van der Waals surface area (Å²) < 4.78 is 8.74. The highest BCUT2D eigenvalue weighted by molar-refractivity contribution is 7.00. The number of fused-ring (bicyclic) bond motifs is 1. The molecule has 1 saturated carbocycles. The first-order valence-electron chi connectivity index (χ1n) is 6.72. The van der Waals surface area contributed by atoms with Gasteiger partial charge in [-0.05, 0) is 30.9 Å². The summed E-state index contributed by atoms with van der Waals surface area (Å²) in [5, 5.41) is 4.41. The Morgan fingerprint density at radius 2 is 2.21 bits per heavy atom. The van der Waals surface area contributed by atoms with Gasteiger partial charge in [-0.2, -0.15) is 8.75 Å². The number of anilines is 1. The molecule has 1 aromatic heterocycles. The Labute approximate surface area is 121 Å². The van der Waals surface area contributed by atoms with Crippen LogP contribution in [-0.2, 0) is 0 Å². The number of halogens is 1. The van der Waals surface area contributed by atoms with Crippen molar-refractivity contribution >= 4 is 40.0 Å². The lowest BCUT2D eigenvalue weighted by Crippen LogP contribution is -2.51. The van der Waals surface area contributed by atoms with Crippen LogP contribution in [0.25, 0.3) is 11.0 Å². The second-order valence-electron chi connectivity index (χ2n) is 5.37. The van der Waals surface area contributed by atoms with Crippen molar-refractivity contribution in [3.8, 4) is 0 Å². The molecule has 2 heterocycles. The Morgan fingerprint density at radius 3 is 3.05 bits per heavy atom. The monoisotopic (exact) mass is 294 g/mol. The zero-order valence-electron chi connectivity index (χ0n) is 10.5. The van der Waals surface area contributed by atoms with Crippen LogP contribution in [0.15, 0.2) is 12.1 Å². The Kier molecular flexibility index (Phi) is 2.86. The maximum atomic E-state index is 6.41. The van der Waals surface area contributed by atoms with Gasteiger partial charge in [-0.1, -0.05) is 11.6 Å². The molecule has 19 heavy (non-hydrogen) atoms. The highest BCUT2D eigenvalue weighted by Crippen LogP contribution is 2.37. The van der Waals surface area contributed by atoms with Gasteiger partial charge in [0.2, 0.25) is 0 Å². The third kappa shape index (κ3) is 2.10. The summed E-state index contributed by atoms with van der Waals surface area (Å²) in [6.45, 7) is 3.03. The van der Waals surface area contributed by atoms with Gasteiger partial charge < -0.3 is 10.2 Å². The average Bonchev–Trinajstić information content (AvgIpc) is 3.18. The molecule has 6 heteroatoms. The van der Waals surface area contributed by atoms with Gasteiger partial charge >= 0.3 is 0 Å². The van der Waals surface area contributed by atoms with Gasteiger partial charge in [-0.15, -0.1) is 0 Å². The van der Waals surface area contributed by atoms with E-state index in [1.807, 2.05) is 12.1 Å². The molecule has 1 atom stereocenters. The summed E-state index contributed by atoms with van der Waals surface area (Å²) in [4.78, 5) is 2.38. The van der Waals surface area contributed by atoms with Crippen LogP contribution in [0.3, 0.4) is 0 Å². The molecule has 4 rings (SSSR count). The second-order valence-corrected chi connectivity index (χ2v) is 6.31. The quantitative estimate of drug-likeness (QED) is 0.924. The molecule has 1 saturated heterocycles. The Bertz CT molecular complexity index is 610. The molecule has 1 N–H and O–H groups in total. The van der Waals surface area contributed by atoms with Crippen LogP contribution >= 0.6 is 23.3 Å². The maximum absolute atomic E-state index is 6.41. The van der Waals surface area contributed by atoms with E-state index in [2.05, 4.69) is 19.0 Å². The van der Waals surface area contributed by atoms with Crippen molar-refractivity contribution in [3.63, 3.8) is 0 Å². The molecule has 1 aromatic carbocycles.